The Labute approximate surface area is 126 Å². The second-order valence-electron chi connectivity index (χ2n) is 6.05. The van der Waals surface area contributed by atoms with Crippen molar-refractivity contribution in [3.05, 3.63) is 29.8 Å². The van der Waals surface area contributed by atoms with Crippen molar-refractivity contribution in [3.8, 4) is 5.75 Å². The summed E-state index contributed by atoms with van der Waals surface area (Å²) in [6, 6.07) is 9.01. The summed E-state index contributed by atoms with van der Waals surface area (Å²) in [7, 11) is 1.70. The molecule has 1 amide bonds. The van der Waals surface area contributed by atoms with Crippen LogP contribution in [0.5, 0.6) is 5.75 Å². The SMILES string of the molecule is COc1ccccc1C[C@H]1CCCN1C(=O)CNC1CC1. The van der Waals surface area contributed by atoms with E-state index in [2.05, 4.69) is 16.3 Å². The Kier molecular flexibility index (Phi) is 4.44. The maximum absolute atomic E-state index is 12.4. The molecule has 0 bridgehead atoms. The summed E-state index contributed by atoms with van der Waals surface area (Å²) in [5.41, 5.74) is 1.19. The fraction of sp³-hybridized carbons (Fsp3) is 0.588. The molecule has 2 fully saturated rings. The third kappa shape index (κ3) is 3.56. The average Bonchev–Trinajstić information content (AvgIpc) is 3.23. The minimum atomic E-state index is 0.249. The highest BCUT2D eigenvalue weighted by Gasteiger charge is 2.30. The summed E-state index contributed by atoms with van der Waals surface area (Å²) in [5, 5.41) is 3.32. The van der Waals surface area contributed by atoms with Crippen molar-refractivity contribution < 1.29 is 9.53 Å². The van der Waals surface area contributed by atoms with Crippen molar-refractivity contribution in [3.63, 3.8) is 0 Å². The second-order valence-corrected chi connectivity index (χ2v) is 6.05. The summed E-state index contributed by atoms with van der Waals surface area (Å²) in [4.78, 5) is 14.4. The summed E-state index contributed by atoms with van der Waals surface area (Å²) >= 11 is 0. The van der Waals surface area contributed by atoms with Crippen LogP contribution in [0.25, 0.3) is 0 Å². The first-order valence-electron chi connectivity index (χ1n) is 7.92. The molecule has 0 unspecified atom stereocenters. The molecule has 3 rings (SSSR count). The lowest BCUT2D eigenvalue weighted by Gasteiger charge is -2.25. The first-order chi connectivity index (χ1) is 10.3. The van der Waals surface area contributed by atoms with Crippen LogP contribution in [0.3, 0.4) is 0 Å². The molecule has 4 heteroatoms. The molecule has 1 saturated carbocycles. The predicted octanol–water partition coefficient (Wildman–Crippen LogP) is 1.98. The van der Waals surface area contributed by atoms with Gasteiger partial charge in [-0.3, -0.25) is 4.79 Å². The molecule has 0 aromatic heterocycles. The molecule has 1 saturated heterocycles. The Hall–Kier alpha value is -1.55. The monoisotopic (exact) mass is 288 g/mol. The number of carbonyl (C=O) groups excluding carboxylic acids is 1. The highest BCUT2D eigenvalue weighted by molar-refractivity contribution is 5.79. The molecule has 2 aliphatic rings. The molecule has 0 spiro atoms. The lowest BCUT2D eigenvalue weighted by Crippen LogP contribution is -2.42. The van der Waals surface area contributed by atoms with Crippen LogP contribution in [0.15, 0.2) is 24.3 Å². The van der Waals surface area contributed by atoms with Gasteiger partial charge in [0.25, 0.3) is 0 Å². The van der Waals surface area contributed by atoms with E-state index in [0.29, 0.717) is 18.6 Å². The number of carbonyl (C=O) groups is 1. The molecule has 1 aliphatic carbocycles. The molecule has 1 aromatic carbocycles. The van der Waals surface area contributed by atoms with Gasteiger partial charge in [-0.15, -0.1) is 0 Å². The molecular formula is C17H24N2O2. The Morgan fingerprint density at radius 1 is 1.33 bits per heavy atom. The normalized spacial score (nSPS) is 21.6. The van der Waals surface area contributed by atoms with E-state index in [-0.39, 0.29) is 5.91 Å². The average molecular weight is 288 g/mol. The smallest absolute Gasteiger partial charge is 0.236 e. The standard InChI is InChI=1S/C17H24N2O2/c1-21-16-7-3-2-5-13(16)11-15-6-4-10-19(15)17(20)12-18-14-8-9-14/h2-3,5,7,14-15,18H,4,6,8-12H2,1H3/t15-/m1/s1. The minimum absolute atomic E-state index is 0.249. The van der Waals surface area contributed by atoms with Crippen molar-refractivity contribution in [2.75, 3.05) is 20.2 Å². The summed E-state index contributed by atoms with van der Waals surface area (Å²) < 4.78 is 5.42. The van der Waals surface area contributed by atoms with Gasteiger partial charge >= 0.3 is 0 Å². The molecule has 21 heavy (non-hydrogen) atoms. The first-order valence-corrected chi connectivity index (χ1v) is 7.92. The Bertz CT molecular complexity index is 499. The highest BCUT2D eigenvalue weighted by atomic mass is 16.5. The molecule has 114 valence electrons. The number of ether oxygens (including phenoxy) is 1. The van der Waals surface area contributed by atoms with Crippen LogP contribution in [0.1, 0.15) is 31.2 Å². The maximum Gasteiger partial charge on any atom is 0.236 e. The van der Waals surface area contributed by atoms with Crippen LogP contribution >= 0.6 is 0 Å². The number of amides is 1. The summed E-state index contributed by atoms with van der Waals surface area (Å²) in [6.07, 6.45) is 5.53. The van der Waals surface area contributed by atoms with E-state index in [9.17, 15) is 4.79 Å². The van der Waals surface area contributed by atoms with Gasteiger partial charge in [0.2, 0.25) is 5.91 Å². The Balaban J connectivity index is 1.61. The van der Waals surface area contributed by atoms with E-state index in [4.69, 9.17) is 4.74 Å². The van der Waals surface area contributed by atoms with E-state index in [1.165, 1.54) is 18.4 Å². The molecule has 1 N–H and O–H groups in total. The number of benzene rings is 1. The van der Waals surface area contributed by atoms with Crippen LogP contribution in [0.4, 0.5) is 0 Å². The zero-order chi connectivity index (χ0) is 14.7. The van der Waals surface area contributed by atoms with Gasteiger partial charge in [-0.1, -0.05) is 18.2 Å². The van der Waals surface area contributed by atoms with Crippen molar-refractivity contribution in [2.45, 2.75) is 44.2 Å². The topological polar surface area (TPSA) is 41.6 Å². The van der Waals surface area contributed by atoms with Crippen LogP contribution in [0.2, 0.25) is 0 Å². The van der Waals surface area contributed by atoms with Crippen molar-refractivity contribution in [1.82, 2.24) is 10.2 Å². The molecule has 1 atom stereocenters. The highest BCUT2D eigenvalue weighted by Crippen LogP contribution is 2.26. The Morgan fingerprint density at radius 3 is 2.90 bits per heavy atom. The van der Waals surface area contributed by atoms with Gasteiger partial charge in [-0.25, -0.2) is 0 Å². The van der Waals surface area contributed by atoms with Crippen molar-refractivity contribution in [1.29, 1.82) is 0 Å². The quantitative estimate of drug-likeness (QED) is 0.870. The van der Waals surface area contributed by atoms with Gasteiger partial charge < -0.3 is 15.0 Å². The number of para-hydroxylation sites is 1. The molecular weight excluding hydrogens is 264 g/mol. The fourth-order valence-electron chi connectivity index (χ4n) is 3.12. The second kappa shape index (κ2) is 6.48. The van der Waals surface area contributed by atoms with E-state index in [1.54, 1.807) is 7.11 Å². The number of methoxy groups -OCH3 is 1. The molecule has 1 heterocycles. The third-order valence-electron chi connectivity index (χ3n) is 4.46. The first kappa shape index (κ1) is 14.4. The minimum Gasteiger partial charge on any atom is -0.496 e. The zero-order valence-corrected chi connectivity index (χ0v) is 12.7. The van der Waals surface area contributed by atoms with Crippen molar-refractivity contribution in [2.24, 2.45) is 0 Å². The fourth-order valence-corrected chi connectivity index (χ4v) is 3.12. The lowest BCUT2D eigenvalue weighted by atomic mass is 10.0. The van der Waals surface area contributed by atoms with Crippen LogP contribution < -0.4 is 10.1 Å². The molecule has 4 nitrogen and oxygen atoms in total. The molecule has 1 aromatic rings. The maximum atomic E-state index is 12.4. The van der Waals surface area contributed by atoms with E-state index in [1.807, 2.05) is 18.2 Å². The van der Waals surface area contributed by atoms with Crippen LogP contribution in [-0.4, -0.2) is 43.1 Å². The molecule has 1 aliphatic heterocycles. The van der Waals surface area contributed by atoms with E-state index < -0.39 is 0 Å². The van der Waals surface area contributed by atoms with Crippen molar-refractivity contribution >= 4 is 5.91 Å². The predicted molar refractivity (Wildman–Crippen MR) is 82.5 cm³/mol. The molecule has 0 radical (unpaired) electrons. The number of hydrogen-bond acceptors (Lipinski definition) is 3. The number of nitrogens with zero attached hydrogens (tertiary/aromatic N) is 1. The van der Waals surface area contributed by atoms with Gasteiger partial charge in [0.15, 0.2) is 0 Å². The van der Waals surface area contributed by atoms with Gasteiger partial charge in [-0.05, 0) is 43.7 Å². The summed E-state index contributed by atoms with van der Waals surface area (Å²) in [5.74, 6) is 1.17. The van der Waals surface area contributed by atoms with Gasteiger partial charge in [0.05, 0.1) is 13.7 Å². The van der Waals surface area contributed by atoms with Gasteiger partial charge in [0, 0.05) is 18.6 Å². The number of hydrogen-bond donors (Lipinski definition) is 1. The van der Waals surface area contributed by atoms with Gasteiger partial charge in [0.1, 0.15) is 5.75 Å². The van der Waals surface area contributed by atoms with Crippen LogP contribution in [0, 0.1) is 0 Å². The van der Waals surface area contributed by atoms with E-state index >= 15 is 0 Å². The summed E-state index contributed by atoms with van der Waals surface area (Å²) in [6.45, 7) is 1.39. The Morgan fingerprint density at radius 2 is 2.14 bits per heavy atom. The third-order valence-corrected chi connectivity index (χ3v) is 4.46. The van der Waals surface area contributed by atoms with Crippen LogP contribution in [-0.2, 0) is 11.2 Å². The number of rotatable bonds is 6. The van der Waals surface area contributed by atoms with Gasteiger partial charge in [-0.2, -0.15) is 0 Å². The largest absolute Gasteiger partial charge is 0.496 e. The van der Waals surface area contributed by atoms with E-state index in [0.717, 1.165) is 31.6 Å². The zero-order valence-electron chi connectivity index (χ0n) is 12.7. The lowest BCUT2D eigenvalue weighted by molar-refractivity contribution is -0.131. The number of nitrogens with one attached hydrogen (secondary N) is 1. The number of likely N-dealkylation sites (tertiary alicyclic amines) is 1.